The summed E-state index contributed by atoms with van der Waals surface area (Å²) in [6.45, 7) is 3.88. The van der Waals surface area contributed by atoms with Crippen molar-refractivity contribution < 1.29 is 0 Å². The van der Waals surface area contributed by atoms with Crippen molar-refractivity contribution >= 4 is 45.8 Å². The molecule has 0 fully saturated rings. The molecule has 21 heavy (non-hydrogen) atoms. The van der Waals surface area contributed by atoms with E-state index in [0.717, 1.165) is 28.1 Å². The molecule has 0 saturated heterocycles. The topological polar surface area (TPSA) is 17.8 Å². The van der Waals surface area contributed by atoms with Gasteiger partial charge < -0.3 is 0 Å². The molecule has 3 aromatic rings. The molecule has 1 aromatic heterocycles. The molecule has 3 rings (SSSR count). The largest absolute Gasteiger partial charge is 0.295 e. The van der Waals surface area contributed by atoms with E-state index in [9.17, 15) is 0 Å². The van der Waals surface area contributed by atoms with Crippen LogP contribution in [-0.4, -0.2) is 9.55 Å². The lowest BCUT2D eigenvalue weighted by atomic mass is 10.2. The molecule has 0 radical (unpaired) electrons. The molecule has 2 aromatic carbocycles. The van der Waals surface area contributed by atoms with Gasteiger partial charge in [-0.2, -0.15) is 0 Å². The Bertz CT molecular complexity index is 822. The van der Waals surface area contributed by atoms with Crippen LogP contribution in [0.2, 0.25) is 10.0 Å². The molecule has 0 aliphatic heterocycles. The van der Waals surface area contributed by atoms with Crippen LogP contribution in [0.15, 0.2) is 36.4 Å². The van der Waals surface area contributed by atoms with Gasteiger partial charge in [0, 0.05) is 5.02 Å². The molecule has 0 aliphatic rings. The highest BCUT2D eigenvalue weighted by atomic mass is 35.5. The molecule has 0 N–H and O–H groups in total. The second-order valence-electron chi connectivity index (χ2n) is 4.91. The zero-order chi connectivity index (χ0) is 15.1. The van der Waals surface area contributed by atoms with Crippen LogP contribution >= 0.6 is 34.8 Å². The Labute approximate surface area is 138 Å². The van der Waals surface area contributed by atoms with Crippen LogP contribution in [-0.2, 0) is 0 Å². The molecular weight excluding hydrogens is 327 g/mol. The van der Waals surface area contributed by atoms with Gasteiger partial charge in [0.2, 0.25) is 0 Å². The highest BCUT2D eigenvalue weighted by Gasteiger charge is 2.19. The van der Waals surface area contributed by atoms with E-state index in [2.05, 4.69) is 4.98 Å². The van der Waals surface area contributed by atoms with E-state index in [1.54, 1.807) is 0 Å². The van der Waals surface area contributed by atoms with Crippen LogP contribution in [0.3, 0.4) is 0 Å². The first-order valence-electron chi connectivity index (χ1n) is 6.57. The third-order valence-electron chi connectivity index (χ3n) is 3.50. The van der Waals surface area contributed by atoms with Gasteiger partial charge in [-0.1, -0.05) is 35.3 Å². The minimum atomic E-state index is -0.244. The molecule has 1 atom stereocenters. The minimum absolute atomic E-state index is 0.244. The van der Waals surface area contributed by atoms with Crippen molar-refractivity contribution in [2.24, 2.45) is 0 Å². The summed E-state index contributed by atoms with van der Waals surface area (Å²) in [5.74, 6) is 0.755. The molecule has 0 spiro atoms. The third-order valence-corrected chi connectivity index (χ3v) is 4.41. The van der Waals surface area contributed by atoms with Crippen LogP contribution in [0.4, 0.5) is 0 Å². The number of imidazole rings is 1. The first-order valence-corrected chi connectivity index (χ1v) is 7.76. The van der Waals surface area contributed by atoms with Crippen LogP contribution in [0, 0.1) is 6.92 Å². The van der Waals surface area contributed by atoms with Gasteiger partial charge >= 0.3 is 0 Å². The second kappa shape index (κ2) is 5.53. The van der Waals surface area contributed by atoms with Gasteiger partial charge in [0.15, 0.2) is 0 Å². The van der Waals surface area contributed by atoms with Gasteiger partial charge in [-0.15, -0.1) is 11.6 Å². The Kier molecular flexibility index (Phi) is 3.87. The van der Waals surface area contributed by atoms with Gasteiger partial charge in [-0.3, -0.25) is 4.57 Å². The summed E-state index contributed by atoms with van der Waals surface area (Å²) in [4.78, 5) is 4.61. The Balaban J connectivity index is 2.43. The summed E-state index contributed by atoms with van der Waals surface area (Å²) in [5.41, 5.74) is 3.63. The Morgan fingerprint density at radius 1 is 1.05 bits per heavy atom. The van der Waals surface area contributed by atoms with Crippen molar-refractivity contribution in [3.63, 3.8) is 0 Å². The molecule has 2 nitrogen and oxygen atoms in total. The number of para-hydroxylation sites is 1. The normalized spacial score (nSPS) is 12.8. The second-order valence-corrected chi connectivity index (χ2v) is 6.38. The third kappa shape index (κ3) is 2.42. The number of hydrogen-bond acceptors (Lipinski definition) is 1. The number of aromatic nitrogens is 2. The molecule has 0 bridgehead atoms. The number of alkyl halides is 1. The summed E-state index contributed by atoms with van der Waals surface area (Å²) in [6, 6.07) is 11.5. The van der Waals surface area contributed by atoms with Crippen molar-refractivity contribution in [2.75, 3.05) is 0 Å². The van der Waals surface area contributed by atoms with Crippen LogP contribution < -0.4 is 0 Å². The van der Waals surface area contributed by atoms with Gasteiger partial charge in [-0.25, -0.2) is 4.98 Å². The monoisotopic (exact) mass is 338 g/mol. The lowest BCUT2D eigenvalue weighted by molar-refractivity contribution is 0.878. The van der Waals surface area contributed by atoms with Gasteiger partial charge in [0.25, 0.3) is 0 Å². The molecule has 0 amide bonds. The average molecular weight is 340 g/mol. The van der Waals surface area contributed by atoms with Crippen LogP contribution in [0.5, 0.6) is 0 Å². The highest BCUT2D eigenvalue weighted by molar-refractivity contribution is 6.35. The van der Waals surface area contributed by atoms with Gasteiger partial charge in [0.1, 0.15) is 11.3 Å². The summed E-state index contributed by atoms with van der Waals surface area (Å²) in [6.07, 6.45) is 0. The minimum Gasteiger partial charge on any atom is -0.295 e. The summed E-state index contributed by atoms with van der Waals surface area (Å²) < 4.78 is 2.03. The number of fused-ring (bicyclic) bond motifs is 1. The number of hydrogen-bond donors (Lipinski definition) is 0. The maximum absolute atomic E-state index is 6.31. The fourth-order valence-electron chi connectivity index (χ4n) is 2.44. The SMILES string of the molecule is Cc1c(Cl)cccc1-n1c(C(C)Cl)nc2c(Cl)cccc21. The van der Waals surface area contributed by atoms with Crippen molar-refractivity contribution in [3.05, 3.63) is 57.8 Å². The Morgan fingerprint density at radius 3 is 2.43 bits per heavy atom. The van der Waals surface area contributed by atoms with Crippen molar-refractivity contribution in [1.29, 1.82) is 0 Å². The van der Waals surface area contributed by atoms with Crippen LogP contribution in [0.25, 0.3) is 16.7 Å². The molecule has 0 aliphatic carbocycles. The van der Waals surface area contributed by atoms with E-state index in [4.69, 9.17) is 34.8 Å². The lowest BCUT2D eigenvalue weighted by Crippen LogP contribution is -2.03. The van der Waals surface area contributed by atoms with E-state index in [1.807, 2.05) is 54.8 Å². The molecule has 1 unspecified atom stereocenters. The van der Waals surface area contributed by atoms with Crippen molar-refractivity contribution in [3.8, 4) is 5.69 Å². The van der Waals surface area contributed by atoms with Crippen molar-refractivity contribution in [1.82, 2.24) is 9.55 Å². The standard InChI is InChI=1S/C16H13Cl3N2/c1-9-11(18)5-3-7-13(9)21-14-8-4-6-12(19)15(14)20-16(21)10(2)17/h3-8,10H,1-2H3. The lowest BCUT2D eigenvalue weighted by Gasteiger charge is -2.14. The first kappa shape index (κ1) is 14.7. The zero-order valence-electron chi connectivity index (χ0n) is 11.6. The highest BCUT2D eigenvalue weighted by Crippen LogP contribution is 2.33. The molecular formula is C16H13Cl3N2. The van der Waals surface area contributed by atoms with E-state index >= 15 is 0 Å². The molecule has 5 heteroatoms. The number of rotatable bonds is 2. The smallest absolute Gasteiger partial charge is 0.132 e. The molecule has 1 heterocycles. The summed E-state index contributed by atoms with van der Waals surface area (Å²) in [7, 11) is 0. The Hall–Kier alpha value is -1.22. The predicted octanol–water partition coefficient (Wildman–Crippen LogP) is 5.94. The number of nitrogens with zero attached hydrogens (tertiary/aromatic N) is 2. The van der Waals surface area contributed by atoms with Gasteiger partial charge in [0.05, 0.1) is 21.6 Å². The fraction of sp³-hybridized carbons (Fsp3) is 0.188. The molecule has 0 saturated carbocycles. The zero-order valence-corrected chi connectivity index (χ0v) is 13.8. The average Bonchev–Trinajstić information content (AvgIpc) is 2.83. The maximum Gasteiger partial charge on any atom is 0.132 e. The summed E-state index contributed by atoms with van der Waals surface area (Å²) in [5, 5.41) is 1.08. The molecule has 108 valence electrons. The Morgan fingerprint density at radius 2 is 1.71 bits per heavy atom. The van der Waals surface area contributed by atoms with Gasteiger partial charge in [-0.05, 0) is 43.7 Å². The quantitative estimate of drug-likeness (QED) is 0.528. The van der Waals surface area contributed by atoms with E-state index in [0.29, 0.717) is 10.0 Å². The van der Waals surface area contributed by atoms with E-state index in [1.165, 1.54) is 0 Å². The number of benzene rings is 2. The number of halogens is 3. The van der Waals surface area contributed by atoms with E-state index < -0.39 is 0 Å². The van der Waals surface area contributed by atoms with Crippen molar-refractivity contribution in [2.45, 2.75) is 19.2 Å². The summed E-state index contributed by atoms with van der Waals surface area (Å²) >= 11 is 18.8. The first-order chi connectivity index (χ1) is 10.0. The predicted molar refractivity (Wildman–Crippen MR) is 90.1 cm³/mol. The van der Waals surface area contributed by atoms with E-state index in [-0.39, 0.29) is 5.38 Å². The van der Waals surface area contributed by atoms with Crippen LogP contribution in [0.1, 0.15) is 23.7 Å². The maximum atomic E-state index is 6.31. The fourth-order valence-corrected chi connectivity index (χ4v) is 2.97.